The summed E-state index contributed by atoms with van der Waals surface area (Å²) in [5.41, 5.74) is 5.35. The summed E-state index contributed by atoms with van der Waals surface area (Å²) in [6.07, 6.45) is 1.55. The number of nitrogens with one attached hydrogen (secondary N) is 1. The van der Waals surface area contributed by atoms with E-state index in [1.165, 1.54) is 18.2 Å². The molecule has 0 spiro atoms. The molecule has 1 aromatic rings. The first kappa shape index (κ1) is 14.1. The summed E-state index contributed by atoms with van der Waals surface area (Å²) in [6, 6.07) is 4.40. The average molecular weight is 269 g/mol. The number of rotatable bonds is 6. The van der Waals surface area contributed by atoms with Crippen molar-refractivity contribution in [1.82, 2.24) is 5.32 Å². The highest BCUT2D eigenvalue weighted by molar-refractivity contribution is 6.30. The largest absolute Gasteiger partial charge is 0.483 e. The van der Waals surface area contributed by atoms with Crippen molar-refractivity contribution in [2.24, 2.45) is 5.73 Å². The van der Waals surface area contributed by atoms with Crippen LogP contribution in [0.5, 0.6) is 5.75 Å². The van der Waals surface area contributed by atoms with Gasteiger partial charge in [-0.2, -0.15) is 0 Å². The van der Waals surface area contributed by atoms with E-state index in [4.69, 9.17) is 22.1 Å². The molecule has 2 amide bonds. The maximum atomic E-state index is 11.3. The van der Waals surface area contributed by atoms with Gasteiger partial charge in [-0.3, -0.25) is 9.59 Å². The minimum atomic E-state index is -0.645. The Bertz CT molecular complexity index is 474. The average Bonchev–Trinajstić information content (AvgIpc) is 2.33. The van der Waals surface area contributed by atoms with Gasteiger partial charge in [0.05, 0.1) is 5.56 Å². The Morgan fingerprint density at radius 1 is 1.50 bits per heavy atom. The van der Waals surface area contributed by atoms with Crippen LogP contribution in [0.3, 0.4) is 0 Å². The molecule has 3 N–H and O–H groups in total. The Labute approximate surface area is 110 Å². The number of carbonyl (C=O) groups excluding carboxylic acids is 2. The molecule has 0 aromatic heterocycles. The zero-order chi connectivity index (χ0) is 13.5. The van der Waals surface area contributed by atoms with E-state index in [1.807, 2.05) is 0 Å². The zero-order valence-electron chi connectivity index (χ0n) is 9.61. The number of primary amides is 1. The lowest BCUT2D eigenvalue weighted by Crippen LogP contribution is -2.29. The SMILES string of the molecule is C=CCNC(=O)COc1cc(Cl)ccc1C(N)=O. The third kappa shape index (κ3) is 4.10. The molecule has 0 heterocycles. The van der Waals surface area contributed by atoms with E-state index >= 15 is 0 Å². The van der Waals surface area contributed by atoms with Crippen LogP contribution in [-0.2, 0) is 4.79 Å². The van der Waals surface area contributed by atoms with E-state index in [2.05, 4.69) is 11.9 Å². The normalized spacial score (nSPS) is 9.61. The van der Waals surface area contributed by atoms with Crippen LogP contribution in [0.4, 0.5) is 0 Å². The Morgan fingerprint density at radius 3 is 2.83 bits per heavy atom. The molecule has 18 heavy (non-hydrogen) atoms. The summed E-state index contributed by atoms with van der Waals surface area (Å²) in [7, 11) is 0. The number of carbonyl (C=O) groups is 2. The fourth-order valence-electron chi connectivity index (χ4n) is 1.20. The van der Waals surface area contributed by atoms with Crippen LogP contribution in [0.2, 0.25) is 5.02 Å². The van der Waals surface area contributed by atoms with E-state index in [1.54, 1.807) is 6.08 Å². The highest BCUT2D eigenvalue weighted by Gasteiger charge is 2.11. The number of nitrogens with two attached hydrogens (primary N) is 1. The molecule has 0 aliphatic heterocycles. The van der Waals surface area contributed by atoms with Gasteiger partial charge in [-0.1, -0.05) is 17.7 Å². The van der Waals surface area contributed by atoms with Crippen LogP contribution < -0.4 is 15.8 Å². The number of amides is 2. The van der Waals surface area contributed by atoms with Gasteiger partial charge in [0.15, 0.2) is 6.61 Å². The minimum absolute atomic E-state index is 0.177. The molecule has 96 valence electrons. The number of benzene rings is 1. The summed E-state index contributed by atoms with van der Waals surface area (Å²) in [5, 5.41) is 2.93. The van der Waals surface area contributed by atoms with Crippen LogP contribution >= 0.6 is 11.6 Å². The molecule has 0 fully saturated rings. The molecule has 5 nitrogen and oxygen atoms in total. The summed E-state index contributed by atoms with van der Waals surface area (Å²) >= 11 is 5.77. The maximum absolute atomic E-state index is 11.3. The van der Waals surface area contributed by atoms with Gasteiger partial charge in [0.2, 0.25) is 0 Å². The first-order valence-corrected chi connectivity index (χ1v) is 5.52. The first-order chi connectivity index (χ1) is 8.54. The fraction of sp³-hybridized carbons (Fsp3) is 0.167. The van der Waals surface area contributed by atoms with Gasteiger partial charge in [-0.05, 0) is 18.2 Å². The van der Waals surface area contributed by atoms with E-state index in [-0.39, 0.29) is 23.8 Å². The lowest BCUT2D eigenvalue weighted by Gasteiger charge is -2.09. The van der Waals surface area contributed by atoms with Gasteiger partial charge in [0.1, 0.15) is 5.75 Å². The van der Waals surface area contributed by atoms with Gasteiger partial charge in [-0.25, -0.2) is 0 Å². The topological polar surface area (TPSA) is 81.4 Å². The summed E-state index contributed by atoms with van der Waals surface area (Å²) in [5.74, 6) is -0.790. The van der Waals surface area contributed by atoms with Crippen LogP contribution in [-0.4, -0.2) is 25.0 Å². The predicted molar refractivity (Wildman–Crippen MR) is 68.7 cm³/mol. The van der Waals surface area contributed by atoms with Gasteiger partial charge in [-0.15, -0.1) is 6.58 Å². The molecule has 1 rings (SSSR count). The minimum Gasteiger partial charge on any atom is -0.483 e. The van der Waals surface area contributed by atoms with E-state index in [0.717, 1.165) is 0 Å². The highest BCUT2D eigenvalue weighted by Crippen LogP contribution is 2.22. The highest BCUT2D eigenvalue weighted by atomic mass is 35.5. The molecule has 0 saturated carbocycles. The van der Waals surface area contributed by atoms with E-state index < -0.39 is 5.91 Å². The second-order valence-electron chi connectivity index (χ2n) is 3.39. The molecule has 1 aromatic carbocycles. The van der Waals surface area contributed by atoms with Crippen LogP contribution in [0, 0.1) is 0 Å². The molecule has 0 unspecified atom stereocenters. The summed E-state index contributed by atoms with van der Waals surface area (Å²) < 4.78 is 5.21. The monoisotopic (exact) mass is 268 g/mol. The first-order valence-electron chi connectivity index (χ1n) is 5.14. The molecule has 0 atom stereocenters. The van der Waals surface area contributed by atoms with Crippen molar-refractivity contribution < 1.29 is 14.3 Å². The van der Waals surface area contributed by atoms with Gasteiger partial charge < -0.3 is 15.8 Å². The number of hydrogen-bond donors (Lipinski definition) is 2. The van der Waals surface area contributed by atoms with Crippen molar-refractivity contribution in [2.75, 3.05) is 13.2 Å². The molecular weight excluding hydrogens is 256 g/mol. The Kier molecular flexibility index (Phi) is 5.20. The number of halogens is 1. The van der Waals surface area contributed by atoms with Crippen LogP contribution in [0.15, 0.2) is 30.9 Å². The van der Waals surface area contributed by atoms with Crippen molar-refractivity contribution in [3.05, 3.63) is 41.4 Å². The molecular formula is C12H13ClN2O3. The molecule has 0 aliphatic rings. The Hall–Kier alpha value is -2.01. The zero-order valence-corrected chi connectivity index (χ0v) is 10.4. The van der Waals surface area contributed by atoms with Crippen molar-refractivity contribution in [3.8, 4) is 5.75 Å². The third-order valence-corrected chi connectivity index (χ3v) is 2.25. The van der Waals surface area contributed by atoms with E-state index in [9.17, 15) is 9.59 Å². The summed E-state index contributed by atoms with van der Waals surface area (Å²) in [6.45, 7) is 3.59. The van der Waals surface area contributed by atoms with Crippen molar-refractivity contribution >= 4 is 23.4 Å². The molecule has 0 bridgehead atoms. The van der Waals surface area contributed by atoms with Crippen LogP contribution in [0.1, 0.15) is 10.4 Å². The van der Waals surface area contributed by atoms with Gasteiger partial charge in [0.25, 0.3) is 11.8 Å². The fourth-order valence-corrected chi connectivity index (χ4v) is 1.36. The summed E-state index contributed by atoms with van der Waals surface area (Å²) in [4.78, 5) is 22.4. The Balaban J connectivity index is 2.71. The second-order valence-corrected chi connectivity index (χ2v) is 3.82. The van der Waals surface area contributed by atoms with E-state index in [0.29, 0.717) is 11.6 Å². The quantitative estimate of drug-likeness (QED) is 0.759. The maximum Gasteiger partial charge on any atom is 0.258 e. The van der Waals surface area contributed by atoms with Gasteiger partial charge in [0, 0.05) is 11.6 Å². The smallest absolute Gasteiger partial charge is 0.258 e. The molecule has 0 saturated heterocycles. The van der Waals surface area contributed by atoms with Crippen molar-refractivity contribution in [1.29, 1.82) is 0 Å². The van der Waals surface area contributed by atoms with Crippen molar-refractivity contribution in [2.45, 2.75) is 0 Å². The lowest BCUT2D eigenvalue weighted by atomic mass is 10.2. The van der Waals surface area contributed by atoms with Crippen LogP contribution in [0.25, 0.3) is 0 Å². The predicted octanol–water partition coefficient (Wildman–Crippen LogP) is 1.12. The van der Waals surface area contributed by atoms with Crippen molar-refractivity contribution in [3.63, 3.8) is 0 Å². The Morgan fingerprint density at radius 2 is 2.22 bits per heavy atom. The number of hydrogen-bond acceptors (Lipinski definition) is 3. The van der Waals surface area contributed by atoms with Gasteiger partial charge >= 0.3 is 0 Å². The molecule has 0 radical (unpaired) electrons. The second kappa shape index (κ2) is 6.66. The number of ether oxygens (including phenoxy) is 1. The third-order valence-electron chi connectivity index (χ3n) is 2.01. The standard InChI is InChI=1S/C12H13ClN2O3/c1-2-5-15-11(16)7-18-10-6-8(13)3-4-9(10)12(14)17/h2-4,6H,1,5,7H2,(H2,14,17)(H,15,16). The molecule has 0 aliphatic carbocycles. The molecule has 6 heteroatoms. The lowest BCUT2D eigenvalue weighted by molar-refractivity contribution is -0.122.